The van der Waals surface area contributed by atoms with E-state index in [2.05, 4.69) is 37.4 Å². The first kappa shape index (κ1) is 22.9. The number of phenolic OH excluding ortho intramolecular Hbond substituents is 1. The second-order valence-corrected chi connectivity index (χ2v) is 9.03. The maximum atomic E-state index is 9.68. The lowest BCUT2D eigenvalue weighted by molar-refractivity contribution is 0.170. The Morgan fingerprint density at radius 1 is 1.06 bits per heavy atom. The summed E-state index contributed by atoms with van der Waals surface area (Å²) in [6.45, 7) is 4.88. The molecule has 0 bridgehead atoms. The van der Waals surface area contributed by atoms with E-state index >= 15 is 0 Å². The van der Waals surface area contributed by atoms with Crippen LogP contribution in [0.3, 0.4) is 0 Å². The number of nitrogens with one attached hydrogen (secondary N) is 2. The van der Waals surface area contributed by atoms with Gasteiger partial charge in [0.15, 0.2) is 0 Å². The molecule has 1 aromatic carbocycles. The predicted molar refractivity (Wildman–Crippen MR) is 127 cm³/mol. The van der Waals surface area contributed by atoms with Crippen molar-refractivity contribution in [3.05, 3.63) is 23.2 Å². The number of likely N-dealkylation sites (tertiary alicyclic amines) is 1. The molecule has 174 valence electrons. The highest BCUT2D eigenvalue weighted by molar-refractivity contribution is 6.32. The highest BCUT2D eigenvalue weighted by Crippen LogP contribution is 2.28. The van der Waals surface area contributed by atoms with Crippen LogP contribution in [-0.4, -0.2) is 56.7 Å². The molecule has 1 aromatic heterocycles. The van der Waals surface area contributed by atoms with Crippen molar-refractivity contribution >= 4 is 29.2 Å². The Hall–Kier alpha value is -2.32. The average Bonchev–Trinajstić information content (AvgIpc) is 3.09. The first-order valence-corrected chi connectivity index (χ1v) is 12.1. The smallest absolute Gasteiger partial charge is 0.323 e. The van der Waals surface area contributed by atoms with Crippen molar-refractivity contribution in [3.63, 3.8) is 0 Å². The van der Waals surface area contributed by atoms with Crippen molar-refractivity contribution < 1.29 is 9.84 Å². The van der Waals surface area contributed by atoms with E-state index in [0.29, 0.717) is 42.3 Å². The highest BCUT2D eigenvalue weighted by Gasteiger charge is 2.24. The van der Waals surface area contributed by atoms with Gasteiger partial charge in [-0.25, -0.2) is 0 Å². The lowest BCUT2D eigenvalue weighted by Crippen LogP contribution is -2.34. The molecular weight excluding hydrogens is 428 g/mol. The number of phenols is 1. The van der Waals surface area contributed by atoms with Crippen molar-refractivity contribution in [3.8, 4) is 11.8 Å². The van der Waals surface area contributed by atoms with E-state index in [1.807, 2.05) is 0 Å². The molecule has 0 spiro atoms. The Balaban J connectivity index is 1.51. The number of aromatic nitrogens is 3. The van der Waals surface area contributed by atoms with Crippen LogP contribution in [0, 0.1) is 0 Å². The van der Waals surface area contributed by atoms with E-state index in [1.165, 1.54) is 38.2 Å². The third-order valence-corrected chi connectivity index (χ3v) is 6.62. The minimum Gasteiger partial charge on any atom is -0.506 e. The van der Waals surface area contributed by atoms with Gasteiger partial charge >= 0.3 is 6.01 Å². The van der Waals surface area contributed by atoms with Gasteiger partial charge in [0.25, 0.3) is 0 Å². The molecular formula is C23H33ClN6O2. The molecule has 3 N–H and O–H groups in total. The Morgan fingerprint density at radius 2 is 1.84 bits per heavy atom. The summed E-state index contributed by atoms with van der Waals surface area (Å²) in [6.07, 6.45) is 9.57. The second-order valence-electron chi connectivity index (χ2n) is 8.62. The van der Waals surface area contributed by atoms with Gasteiger partial charge in [-0.1, -0.05) is 44.2 Å². The number of likely N-dealkylation sites (N-methyl/N-ethyl adjacent to an activating group) is 1. The SMILES string of the molecule is CCN1CCCC1COc1nc(Nc2ccc(O)c(Cl)c2)nc(NC2CCCCCC2)n1. The van der Waals surface area contributed by atoms with Crippen molar-refractivity contribution in [2.45, 2.75) is 70.4 Å². The van der Waals surface area contributed by atoms with Crippen LogP contribution < -0.4 is 15.4 Å². The average molecular weight is 461 g/mol. The van der Waals surface area contributed by atoms with Crippen LogP contribution in [0.5, 0.6) is 11.8 Å². The largest absolute Gasteiger partial charge is 0.506 e. The zero-order valence-corrected chi connectivity index (χ0v) is 19.4. The molecule has 8 nitrogen and oxygen atoms in total. The molecule has 1 saturated carbocycles. The third-order valence-electron chi connectivity index (χ3n) is 6.32. The molecule has 0 amide bonds. The maximum absolute atomic E-state index is 9.68. The number of hydrogen-bond donors (Lipinski definition) is 3. The summed E-state index contributed by atoms with van der Waals surface area (Å²) in [6, 6.07) is 5.95. The van der Waals surface area contributed by atoms with Crippen LogP contribution >= 0.6 is 11.6 Å². The van der Waals surface area contributed by atoms with Gasteiger partial charge in [-0.05, 0) is 57.0 Å². The van der Waals surface area contributed by atoms with Gasteiger partial charge in [0.05, 0.1) is 5.02 Å². The summed E-state index contributed by atoms with van der Waals surface area (Å²) >= 11 is 6.05. The van der Waals surface area contributed by atoms with E-state index in [9.17, 15) is 5.11 Å². The molecule has 2 fully saturated rings. The number of ether oxygens (including phenoxy) is 1. The minimum atomic E-state index is 0.0321. The summed E-state index contributed by atoms with van der Waals surface area (Å²) in [5.74, 6) is 0.935. The zero-order valence-electron chi connectivity index (χ0n) is 18.7. The Kier molecular flexibility index (Phi) is 7.86. The fraction of sp³-hybridized carbons (Fsp3) is 0.609. The van der Waals surface area contributed by atoms with Crippen molar-refractivity contribution in [1.29, 1.82) is 0 Å². The first-order valence-electron chi connectivity index (χ1n) is 11.8. The zero-order chi connectivity index (χ0) is 22.3. The van der Waals surface area contributed by atoms with Crippen LogP contribution in [0.25, 0.3) is 0 Å². The quantitative estimate of drug-likeness (QED) is 0.375. The minimum absolute atomic E-state index is 0.0321. The van der Waals surface area contributed by atoms with Crippen LogP contribution in [-0.2, 0) is 0 Å². The predicted octanol–water partition coefficient (Wildman–Crippen LogP) is 4.97. The normalized spacial score (nSPS) is 20.1. The van der Waals surface area contributed by atoms with Gasteiger partial charge in [-0.2, -0.15) is 15.0 Å². The summed E-state index contributed by atoms with van der Waals surface area (Å²) < 4.78 is 6.05. The Morgan fingerprint density at radius 3 is 2.59 bits per heavy atom. The summed E-state index contributed by atoms with van der Waals surface area (Å²) in [7, 11) is 0. The fourth-order valence-electron chi connectivity index (χ4n) is 4.53. The Bertz CT molecular complexity index is 891. The highest BCUT2D eigenvalue weighted by atomic mass is 35.5. The van der Waals surface area contributed by atoms with Gasteiger partial charge in [-0.15, -0.1) is 0 Å². The summed E-state index contributed by atoms with van der Waals surface area (Å²) in [5.41, 5.74) is 0.679. The van der Waals surface area contributed by atoms with E-state index in [4.69, 9.17) is 16.3 Å². The van der Waals surface area contributed by atoms with Crippen LogP contribution in [0.4, 0.5) is 17.6 Å². The van der Waals surface area contributed by atoms with E-state index < -0.39 is 0 Å². The molecule has 4 rings (SSSR count). The molecule has 1 aliphatic heterocycles. The van der Waals surface area contributed by atoms with Crippen LogP contribution in [0.2, 0.25) is 5.02 Å². The van der Waals surface area contributed by atoms with Gasteiger partial charge in [0.2, 0.25) is 11.9 Å². The Labute approximate surface area is 194 Å². The number of halogens is 1. The molecule has 9 heteroatoms. The summed E-state index contributed by atoms with van der Waals surface area (Å²) in [4.78, 5) is 16.1. The second kappa shape index (κ2) is 11.0. The molecule has 1 aliphatic carbocycles. The molecule has 1 unspecified atom stereocenters. The first-order chi connectivity index (χ1) is 15.6. The number of anilines is 3. The molecule has 0 radical (unpaired) electrons. The van der Waals surface area contributed by atoms with Crippen molar-refractivity contribution in [2.24, 2.45) is 0 Å². The topological polar surface area (TPSA) is 95.4 Å². The number of hydrogen-bond acceptors (Lipinski definition) is 8. The van der Waals surface area contributed by atoms with Crippen LogP contribution in [0.1, 0.15) is 58.3 Å². The number of benzene rings is 1. The van der Waals surface area contributed by atoms with Crippen molar-refractivity contribution in [1.82, 2.24) is 19.9 Å². The molecule has 2 heterocycles. The number of rotatable bonds is 8. The molecule has 1 atom stereocenters. The summed E-state index contributed by atoms with van der Waals surface area (Å²) in [5, 5.41) is 16.6. The number of aromatic hydroxyl groups is 1. The fourth-order valence-corrected chi connectivity index (χ4v) is 4.71. The van der Waals surface area contributed by atoms with Gasteiger partial charge in [0, 0.05) is 17.8 Å². The van der Waals surface area contributed by atoms with E-state index in [0.717, 1.165) is 32.4 Å². The molecule has 2 aromatic rings. The lowest BCUT2D eigenvalue weighted by Gasteiger charge is -2.22. The molecule has 1 saturated heterocycles. The molecule has 32 heavy (non-hydrogen) atoms. The van der Waals surface area contributed by atoms with Gasteiger partial charge in [-0.3, -0.25) is 4.90 Å². The third kappa shape index (κ3) is 6.13. The molecule has 2 aliphatic rings. The van der Waals surface area contributed by atoms with Crippen molar-refractivity contribution in [2.75, 3.05) is 30.3 Å². The monoisotopic (exact) mass is 460 g/mol. The standard InChI is InChI=1S/C23H33ClN6O2/c1-2-30-13-7-10-18(30)15-32-23-28-21(25-16-8-5-3-4-6-9-16)27-22(29-23)26-17-11-12-20(31)19(24)14-17/h11-12,14,16,18,31H,2-10,13,15H2,1H3,(H2,25,26,27,28,29). The van der Waals surface area contributed by atoms with E-state index in [1.54, 1.807) is 12.1 Å². The maximum Gasteiger partial charge on any atom is 0.323 e. The van der Waals surface area contributed by atoms with Gasteiger partial charge in [0.1, 0.15) is 12.4 Å². The van der Waals surface area contributed by atoms with Gasteiger partial charge < -0.3 is 20.5 Å². The van der Waals surface area contributed by atoms with Crippen LogP contribution in [0.15, 0.2) is 18.2 Å². The lowest BCUT2D eigenvalue weighted by atomic mass is 10.1. The number of nitrogens with zero attached hydrogens (tertiary/aromatic N) is 4. The van der Waals surface area contributed by atoms with E-state index in [-0.39, 0.29) is 10.8 Å².